The van der Waals surface area contributed by atoms with Crippen LogP contribution in [0.3, 0.4) is 0 Å². The molecule has 1 saturated carbocycles. The summed E-state index contributed by atoms with van der Waals surface area (Å²) in [5.74, 6) is -0.709. The molecule has 178 valence electrons. The van der Waals surface area contributed by atoms with Crippen molar-refractivity contribution in [1.29, 1.82) is 0 Å². The second-order valence-corrected chi connectivity index (χ2v) is 8.55. The third kappa shape index (κ3) is 5.03. The normalized spacial score (nSPS) is 20.7. The Hall–Kier alpha value is -2.94. The van der Waals surface area contributed by atoms with Crippen LogP contribution in [0.5, 0.6) is 0 Å². The number of aliphatic hydroxyl groups is 1. The van der Waals surface area contributed by atoms with E-state index in [2.05, 4.69) is 4.98 Å². The first kappa shape index (κ1) is 24.7. The molecule has 1 fully saturated rings. The number of amides is 2. The number of carbonyl (C=O) groups excluding carboxylic acids is 2. The average molecular weight is 464 g/mol. The van der Waals surface area contributed by atoms with Gasteiger partial charge in [-0.05, 0) is 74.8 Å². The molecule has 33 heavy (non-hydrogen) atoms. The fourth-order valence-corrected chi connectivity index (χ4v) is 4.49. The second kappa shape index (κ2) is 9.51. The Labute approximate surface area is 190 Å². The molecule has 0 unspecified atom stereocenters. The van der Waals surface area contributed by atoms with Crippen LogP contribution in [0.2, 0.25) is 0 Å². The summed E-state index contributed by atoms with van der Waals surface area (Å²) in [5.41, 5.74) is 3.51. The topological polar surface area (TPSA) is 96.5 Å². The van der Waals surface area contributed by atoms with Crippen LogP contribution in [0.4, 0.5) is 13.2 Å². The third-order valence-corrected chi connectivity index (χ3v) is 6.50. The molecule has 0 saturated heterocycles. The SMILES string of the molecule is CCN(C(=O)c1ccc([C@](C)(O)C(F)(F)F)cc1)[C@H]1CC[C@H](c2cccnc2C(N)=O)CC1. The minimum atomic E-state index is -4.82. The highest BCUT2D eigenvalue weighted by molar-refractivity contribution is 5.94. The molecular weight excluding hydrogens is 435 g/mol. The first-order valence-corrected chi connectivity index (χ1v) is 10.9. The minimum Gasteiger partial charge on any atom is -0.376 e. The van der Waals surface area contributed by atoms with E-state index in [1.165, 1.54) is 18.3 Å². The van der Waals surface area contributed by atoms with Crippen molar-refractivity contribution in [2.45, 2.75) is 63.3 Å². The van der Waals surface area contributed by atoms with Crippen molar-refractivity contribution in [3.63, 3.8) is 0 Å². The lowest BCUT2D eigenvalue weighted by Gasteiger charge is -2.37. The van der Waals surface area contributed by atoms with Crippen molar-refractivity contribution in [1.82, 2.24) is 9.88 Å². The van der Waals surface area contributed by atoms with Crippen molar-refractivity contribution in [2.24, 2.45) is 5.73 Å². The number of primary amides is 1. The van der Waals surface area contributed by atoms with Gasteiger partial charge in [0.1, 0.15) is 5.69 Å². The van der Waals surface area contributed by atoms with Crippen molar-refractivity contribution < 1.29 is 27.9 Å². The Morgan fingerprint density at radius 3 is 2.24 bits per heavy atom. The van der Waals surface area contributed by atoms with E-state index in [0.717, 1.165) is 43.4 Å². The summed E-state index contributed by atoms with van der Waals surface area (Å²) < 4.78 is 39.2. The molecule has 1 aromatic heterocycles. The largest absolute Gasteiger partial charge is 0.421 e. The van der Waals surface area contributed by atoms with Crippen molar-refractivity contribution in [3.8, 4) is 0 Å². The standard InChI is InChI=1S/C24H28F3N3O3/c1-3-30(22(32)16-6-10-17(11-7-16)23(2,33)24(25,26)27)18-12-8-15(9-13-18)19-5-4-14-29-20(19)21(28)31/h4-7,10-11,14-15,18,33H,3,8-9,12-13H2,1-2H3,(H2,28,31)/t15-,18-,23-/m0/s1. The predicted octanol–water partition coefficient (Wildman–Crippen LogP) is 4.14. The van der Waals surface area contributed by atoms with E-state index in [4.69, 9.17) is 5.73 Å². The fourth-order valence-electron chi connectivity index (χ4n) is 4.49. The Bertz CT molecular complexity index is 998. The van der Waals surface area contributed by atoms with Gasteiger partial charge in [0.2, 0.25) is 0 Å². The molecule has 0 bridgehead atoms. The fraction of sp³-hybridized carbons (Fsp3) is 0.458. The molecule has 1 heterocycles. The van der Waals surface area contributed by atoms with Gasteiger partial charge < -0.3 is 15.7 Å². The molecular formula is C24H28F3N3O3. The number of carbonyl (C=O) groups is 2. The number of aromatic nitrogens is 1. The molecule has 1 atom stereocenters. The number of hydrogen-bond acceptors (Lipinski definition) is 4. The summed E-state index contributed by atoms with van der Waals surface area (Å²) in [7, 11) is 0. The molecule has 1 aliphatic rings. The van der Waals surface area contributed by atoms with Crippen LogP contribution >= 0.6 is 0 Å². The smallest absolute Gasteiger partial charge is 0.376 e. The predicted molar refractivity (Wildman–Crippen MR) is 117 cm³/mol. The van der Waals surface area contributed by atoms with Crippen molar-refractivity contribution >= 4 is 11.8 Å². The molecule has 3 N–H and O–H groups in total. The molecule has 0 radical (unpaired) electrons. The van der Waals surface area contributed by atoms with Crippen LogP contribution in [0.1, 0.15) is 77.4 Å². The van der Waals surface area contributed by atoms with Crippen LogP contribution < -0.4 is 5.73 Å². The summed E-state index contributed by atoms with van der Waals surface area (Å²) in [6.45, 7) is 3.00. The number of nitrogens with zero attached hydrogens (tertiary/aromatic N) is 2. The van der Waals surface area contributed by atoms with Gasteiger partial charge in [0, 0.05) is 24.3 Å². The maximum absolute atomic E-state index is 13.1. The van der Waals surface area contributed by atoms with Gasteiger partial charge in [0.05, 0.1) is 0 Å². The van der Waals surface area contributed by atoms with Gasteiger partial charge in [-0.1, -0.05) is 18.2 Å². The van der Waals surface area contributed by atoms with E-state index >= 15 is 0 Å². The van der Waals surface area contributed by atoms with Crippen LogP contribution in [-0.2, 0) is 5.60 Å². The van der Waals surface area contributed by atoms with E-state index in [9.17, 15) is 27.9 Å². The Morgan fingerprint density at radius 1 is 1.12 bits per heavy atom. The van der Waals surface area contributed by atoms with Crippen molar-refractivity contribution in [3.05, 3.63) is 65.0 Å². The Kier molecular flexibility index (Phi) is 7.11. The number of nitrogens with two attached hydrogens (primary N) is 1. The first-order valence-electron chi connectivity index (χ1n) is 10.9. The molecule has 1 aliphatic carbocycles. The lowest BCUT2D eigenvalue weighted by molar-refractivity contribution is -0.258. The van der Waals surface area contributed by atoms with Crippen LogP contribution in [0.15, 0.2) is 42.6 Å². The highest BCUT2D eigenvalue weighted by atomic mass is 19.4. The first-order chi connectivity index (χ1) is 15.5. The van der Waals surface area contributed by atoms with Gasteiger partial charge in [-0.25, -0.2) is 0 Å². The number of halogens is 3. The average Bonchev–Trinajstić information content (AvgIpc) is 2.79. The highest BCUT2D eigenvalue weighted by Gasteiger charge is 2.51. The van der Waals surface area contributed by atoms with E-state index in [1.54, 1.807) is 11.0 Å². The summed E-state index contributed by atoms with van der Waals surface area (Å²) in [6.07, 6.45) is -0.334. The molecule has 0 spiro atoms. The number of hydrogen-bond donors (Lipinski definition) is 2. The number of alkyl halides is 3. The summed E-state index contributed by atoms with van der Waals surface area (Å²) in [5, 5.41) is 9.83. The lowest BCUT2D eigenvalue weighted by Crippen LogP contribution is -2.42. The Morgan fingerprint density at radius 2 is 1.73 bits per heavy atom. The van der Waals surface area contributed by atoms with Crippen LogP contribution in [0.25, 0.3) is 0 Å². The maximum atomic E-state index is 13.1. The van der Waals surface area contributed by atoms with Gasteiger partial charge in [-0.2, -0.15) is 13.2 Å². The third-order valence-electron chi connectivity index (χ3n) is 6.50. The quantitative estimate of drug-likeness (QED) is 0.673. The molecule has 3 rings (SSSR count). The zero-order valence-electron chi connectivity index (χ0n) is 18.6. The van der Waals surface area contributed by atoms with Gasteiger partial charge in [-0.15, -0.1) is 0 Å². The zero-order valence-corrected chi connectivity index (χ0v) is 18.6. The molecule has 9 heteroatoms. The zero-order chi connectivity index (χ0) is 24.4. The number of pyridine rings is 1. The molecule has 0 aliphatic heterocycles. The highest BCUT2D eigenvalue weighted by Crippen LogP contribution is 2.39. The summed E-state index contributed by atoms with van der Waals surface area (Å²) in [6, 6.07) is 8.53. The molecule has 2 amide bonds. The molecule has 1 aromatic carbocycles. The van der Waals surface area contributed by atoms with Crippen LogP contribution in [0, 0.1) is 0 Å². The van der Waals surface area contributed by atoms with E-state index in [1.807, 2.05) is 13.0 Å². The van der Waals surface area contributed by atoms with Gasteiger partial charge >= 0.3 is 6.18 Å². The lowest BCUT2D eigenvalue weighted by atomic mass is 9.80. The molecule has 2 aromatic rings. The summed E-state index contributed by atoms with van der Waals surface area (Å²) in [4.78, 5) is 30.6. The van der Waals surface area contributed by atoms with E-state index < -0.39 is 17.7 Å². The van der Waals surface area contributed by atoms with Crippen molar-refractivity contribution in [2.75, 3.05) is 6.54 Å². The molecule has 6 nitrogen and oxygen atoms in total. The van der Waals surface area contributed by atoms with E-state index in [-0.39, 0.29) is 34.7 Å². The van der Waals surface area contributed by atoms with Crippen LogP contribution in [-0.4, -0.2) is 45.6 Å². The van der Waals surface area contributed by atoms with E-state index in [0.29, 0.717) is 13.5 Å². The maximum Gasteiger partial charge on any atom is 0.421 e. The van der Waals surface area contributed by atoms with Gasteiger partial charge in [0.25, 0.3) is 11.8 Å². The minimum absolute atomic E-state index is 0.0228. The van der Waals surface area contributed by atoms with Gasteiger partial charge in [0.15, 0.2) is 5.60 Å². The Balaban J connectivity index is 1.71. The second-order valence-electron chi connectivity index (χ2n) is 8.55. The van der Waals surface area contributed by atoms with Gasteiger partial charge in [-0.3, -0.25) is 14.6 Å². The summed E-state index contributed by atoms with van der Waals surface area (Å²) >= 11 is 0. The number of benzene rings is 1. The monoisotopic (exact) mass is 463 g/mol. The number of rotatable bonds is 6.